The molecule has 0 aliphatic heterocycles. The van der Waals surface area contributed by atoms with E-state index in [-0.39, 0.29) is 10.7 Å². The van der Waals surface area contributed by atoms with Gasteiger partial charge in [-0.15, -0.1) is 11.3 Å². The molecule has 0 bridgehead atoms. The summed E-state index contributed by atoms with van der Waals surface area (Å²) in [4.78, 5) is 17.0. The Balaban J connectivity index is 1.77. The van der Waals surface area contributed by atoms with Crippen molar-refractivity contribution in [1.29, 1.82) is 0 Å². The Bertz CT molecular complexity index is 643. The van der Waals surface area contributed by atoms with Crippen LogP contribution < -0.4 is 11.1 Å². The predicted octanol–water partition coefficient (Wildman–Crippen LogP) is 2.89. The van der Waals surface area contributed by atoms with Gasteiger partial charge >= 0.3 is 0 Å². The number of pyridine rings is 1. The van der Waals surface area contributed by atoms with E-state index in [2.05, 4.69) is 16.6 Å². The van der Waals surface area contributed by atoms with Crippen molar-refractivity contribution in [3.8, 4) is 0 Å². The second kappa shape index (κ2) is 5.26. The van der Waals surface area contributed by atoms with Crippen LogP contribution in [0.5, 0.6) is 0 Å². The van der Waals surface area contributed by atoms with Crippen molar-refractivity contribution in [3.63, 3.8) is 0 Å². The van der Waals surface area contributed by atoms with Gasteiger partial charge < -0.3 is 11.1 Å². The molecule has 1 amide bonds. The van der Waals surface area contributed by atoms with Gasteiger partial charge in [-0.1, -0.05) is 6.42 Å². The molecule has 6 heteroatoms. The normalized spacial score (nSPS) is 16.9. The molecule has 3 rings (SSSR count). The molecule has 2 aromatic heterocycles. The lowest BCUT2D eigenvalue weighted by Gasteiger charge is -2.40. The van der Waals surface area contributed by atoms with Gasteiger partial charge in [-0.2, -0.15) is 11.8 Å². The largest absolute Gasteiger partial charge is 0.397 e. The molecule has 0 aromatic carbocycles. The SMILES string of the molecule is CSC1(CNC(=O)c2sc3cnccc3c2N)CCC1. The fourth-order valence-corrected chi connectivity index (χ4v) is 4.41. The van der Waals surface area contributed by atoms with E-state index in [1.54, 1.807) is 12.4 Å². The fourth-order valence-electron chi connectivity index (χ4n) is 2.49. The summed E-state index contributed by atoms with van der Waals surface area (Å²) in [5, 5.41) is 3.96. The summed E-state index contributed by atoms with van der Waals surface area (Å²) in [6, 6.07) is 1.85. The number of hydrogen-bond donors (Lipinski definition) is 2. The first-order valence-corrected chi connectivity index (χ1v) is 8.65. The Hall–Kier alpha value is -1.27. The van der Waals surface area contributed by atoms with Crippen molar-refractivity contribution in [1.82, 2.24) is 10.3 Å². The Kier molecular flexibility index (Phi) is 3.60. The van der Waals surface area contributed by atoms with Crippen LogP contribution in [0.15, 0.2) is 18.5 Å². The van der Waals surface area contributed by atoms with Crippen LogP contribution in [-0.2, 0) is 0 Å². The van der Waals surface area contributed by atoms with Crippen LogP contribution in [0.25, 0.3) is 10.1 Å². The third-order valence-electron chi connectivity index (χ3n) is 4.01. The van der Waals surface area contributed by atoms with Gasteiger partial charge in [0.05, 0.1) is 10.4 Å². The van der Waals surface area contributed by atoms with Gasteiger partial charge in [-0.05, 0) is 25.2 Å². The minimum Gasteiger partial charge on any atom is -0.397 e. The van der Waals surface area contributed by atoms with E-state index < -0.39 is 0 Å². The lowest BCUT2D eigenvalue weighted by Crippen LogP contribution is -2.45. The van der Waals surface area contributed by atoms with Gasteiger partial charge in [-0.25, -0.2) is 0 Å². The zero-order valence-corrected chi connectivity index (χ0v) is 12.9. The number of carbonyl (C=O) groups excluding carboxylic acids is 1. The van der Waals surface area contributed by atoms with E-state index >= 15 is 0 Å². The zero-order chi connectivity index (χ0) is 14.2. The number of amides is 1. The second-order valence-corrected chi connectivity index (χ2v) is 7.47. The number of nitrogens with one attached hydrogen (secondary N) is 1. The molecule has 1 aliphatic carbocycles. The fraction of sp³-hybridized carbons (Fsp3) is 0.429. The molecule has 0 radical (unpaired) electrons. The van der Waals surface area contributed by atoms with E-state index in [0.717, 1.165) is 16.6 Å². The van der Waals surface area contributed by atoms with E-state index in [1.807, 2.05) is 17.8 Å². The first kappa shape index (κ1) is 13.7. The molecule has 3 N–H and O–H groups in total. The maximum absolute atomic E-state index is 12.3. The maximum Gasteiger partial charge on any atom is 0.263 e. The summed E-state index contributed by atoms with van der Waals surface area (Å²) in [6.07, 6.45) is 9.19. The van der Waals surface area contributed by atoms with Crippen molar-refractivity contribution >= 4 is 44.8 Å². The number of anilines is 1. The number of aromatic nitrogens is 1. The van der Waals surface area contributed by atoms with Crippen molar-refractivity contribution in [2.24, 2.45) is 0 Å². The molecule has 1 saturated carbocycles. The number of nitrogen functional groups attached to an aromatic ring is 1. The summed E-state index contributed by atoms with van der Waals surface area (Å²) in [5.41, 5.74) is 6.64. The first-order chi connectivity index (χ1) is 9.65. The highest BCUT2D eigenvalue weighted by atomic mass is 32.2. The van der Waals surface area contributed by atoms with Gasteiger partial charge in [0.25, 0.3) is 5.91 Å². The minimum absolute atomic E-state index is 0.0657. The molecule has 106 valence electrons. The van der Waals surface area contributed by atoms with Crippen molar-refractivity contribution < 1.29 is 4.79 Å². The molecule has 2 heterocycles. The third-order valence-corrected chi connectivity index (χ3v) is 6.58. The number of fused-ring (bicyclic) bond motifs is 1. The topological polar surface area (TPSA) is 68.0 Å². The second-order valence-electron chi connectivity index (χ2n) is 5.14. The molecule has 0 atom stereocenters. The molecule has 4 nitrogen and oxygen atoms in total. The van der Waals surface area contributed by atoms with Crippen molar-refractivity contribution in [2.75, 3.05) is 18.5 Å². The van der Waals surface area contributed by atoms with Crippen molar-refractivity contribution in [3.05, 3.63) is 23.3 Å². The average molecular weight is 307 g/mol. The van der Waals surface area contributed by atoms with Gasteiger partial charge in [0.1, 0.15) is 4.88 Å². The number of hydrogen-bond acceptors (Lipinski definition) is 5. The smallest absolute Gasteiger partial charge is 0.263 e. The molecule has 1 fully saturated rings. The van der Waals surface area contributed by atoms with Crippen LogP contribution in [0.4, 0.5) is 5.69 Å². The molecule has 0 saturated heterocycles. The molecule has 2 aromatic rings. The summed E-state index contributed by atoms with van der Waals surface area (Å²) in [5.74, 6) is -0.0657. The lowest BCUT2D eigenvalue weighted by molar-refractivity contribution is 0.0949. The van der Waals surface area contributed by atoms with Crippen LogP contribution in [0.3, 0.4) is 0 Å². The van der Waals surface area contributed by atoms with Gasteiger partial charge in [0, 0.05) is 29.1 Å². The van der Waals surface area contributed by atoms with Crippen LogP contribution >= 0.6 is 23.1 Å². The van der Waals surface area contributed by atoms with Crippen LogP contribution in [0.2, 0.25) is 0 Å². The van der Waals surface area contributed by atoms with Crippen LogP contribution in [0.1, 0.15) is 28.9 Å². The predicted molar refractivity (Wildman–Crippen MR) is 86.5 cm³/mol. The molecular formula is C14H17N3OS2. The quantitative estimate of drug-likeness (QED) is 0.911. The summed E-state index contributed by atoms with van der Waals surface area (Å²) >= 11 is 3.26. The molecule has 0 unspecified atom stereocenters. The Morgan fingerprint density at radius 3 is 3.00 bits per heavy atom. The average Bonchev–Trinajstić information content (AvgIpc) is 2.76. The van der Waals surface area contributed by atoms with E-state index in [4.69, 9.17) is 5.73 Å². The van der Waals surface area contributed by atoms with Crippen LogP contribution in [0, 0.1) is 0 Å². The van der Waals surface area contributed by atoms with Crippen LogP contribution in [-0.4, -0.2) is 28.4 Å². The maximum atomic E-state index is 12.3. The lowest BCUT2D eigenvalue weighted by atomic mass is 9.84. The molecular weight excluding hydrogens is 290 g/mol. The highest BCUT2D eigenvalue weighted by Gasteiger charge is 2.36. The highest BCUT2D eigenvalue weighted by molar-refractivity contribution is 8.00. The summed E-state index contributed by atoms with van der Waals surface area (Å²) in [7, 11) is 0. The Morgan fingerprint density at radius 1 is 1.60 bits per heavy atom. The Morgan fingerprint density at radius 2 is 2.40 bits per heavy atom. The highest BCUT2D eigenvalue weighted by Crippen LogP contribution is 2.42. The first-order valence-electron chi connectivity index (χ1n) is 6.60. The number of nitrogens with zero attached hydrogens (tertiary/aromatic N) is 1. The van der Waals surface area contributed by atoms with E-state index in [1.165, 1.54) is 30.6 Å². The van der Waals surface area contributed by atoms with Gasteiger partial charge in [0.15, 0.2) is 0 Å². The number of nitrogens with two attached hydrogens (primary N) is 1. The number of carbonyl (C=O) groups is 1. The zero-order valence-electron chi connectivity index (χ0n) is 11.3. The molecule has 1 aliphatic rings. The monoisotopic (exact) mass is 307 g/mol. The van der Waals surface area contributed by atoms with Gasteiger partial charge in [-0.3, -0.25) is 9.78 Å². The summed E-state index contributed by atoms with van der Waals surface area (Å²) in [6.45, 7) is 0.721. The number of thiophene rings is 1. The third kappa shape index (κ3) is 2.27. The van der Waals surface area contributed by atoms with Crippen molar-refractivity contribution in [2.45, 2.75) is 24.0 Å². The molecule has 20 heavy (non-hydrogen) atoms. The standard InChI is InChI=1S/C14H17N3OS2/c1-19-14(4-2-5-14)8-17-13(18)12-11(15)9-3-6-16-7-10(9)20-12/h3,6-7H,2,4-5,8,15H2,1H3,(H,17,18). The van der Waals surface area contributed by atoms with E-state index in [9.17, 15) is 4.79 Å². The minimum atomic E-state index is -0.0657. The van der Waals surface area contributed by atoms with Gasteiger partial charge in [0.2, 0.25) is 0 Å². The van der Waals surface area contributed by atoms with E-state index in [0.29, 0.717) is 10.6 Å². The molecule has 0 spiro atoms. The number of thioether (sulfide) groups is 1. The number of rotatable bonds is 4. The Labute approximate surface area is 126 Å². The summed E-state index contributed by atoms with van der Waals surface area (Å²) < 4.78 is 1.20.